The van der Waals surface area contributed by atoms with Crippen LogP contribution in [0.25, 0.3) is 154 Å². The fourth-order valence-electron chi connectivity index (χ4n) is 16.7. The van der Waals surface area contributed by atoms with Crippen LogP contribution in [0.15, 0.2) is 279 Å². The number of rotatable bonds is 5. The number of nitrogens with zero attached hydrogens (tertiary/aromatic N) is 10. The molecule has 0 amide bonds. The zero-order valence-corrected chi connectivity index (χ0v) is 51.4. The van der Waals surface area contributed by atoms with Crippen molar-refractivity contribution in [1.82, 2.24) is 32.8 Å². The second kappa shape index (κ2) is 19.4. The van der Waals surface area contributed by atoms with Gasteiger partial charge >= 0.3 is 0 Å². The smallest absolute Gasteiger partial charge is 0.188 e. The molecule has 1 spiro atoms. The summed E-state index contributed by atoms with van der Waals surface area (Å²) in [6.07, 6.45) is 3.94. The van der Waals surface area contributed by atoms with Crippen LogP contribution < -0.4 is 4.74 Å². The summed E-state index contributed by atoms with van der Waals surface area (Å²) in [5.74, 6) is 1.36. The standard InChI is InChI=1S/C86H46N10O/c1-89-52-28-36-80-66(40-52)62-18-6-13-25-77(62)96(80)57-43-71-85(91-49-57)84-70(42-56(48-90-84)95-76-24-12-5-17-61(76)65-39-51(47-88)27-35-79(65)95)86(71)68-32-29-54(93-72-20-8-2-14-58(72)59-15-3-9-21-73(59)93)44-82(68)97-83-45-55(30-33-69(83)86)94-75-23-11-7-19-63(75)67-41-53(31-37-81(67)94)92-74-22-10-4-16-60(74)64-38-50(46-87)26-34-78(64)92/h2-45,48-49H. The monoisotopic (exact) mass is 1230 g/mol. The summed E-state index contributed by atoms with van der Waals surface area (Å²) >= 11 is 0. The molecule has 7 aromatic heterocycles. The van der Waals surface area contributed by atoms with Gasteiger partial charge < -0.3 is 27.6 Å². The van der Waals surface area contributed by atoms with E-state index in [0.29, 0.717) is 28.3 Å². The van der Waals surface area contributed by atoms with Crippen molar-refractivity contribution in [3.8, 4) is 63.5 Å². The van der Waals surface area contributed by atoms with Crippen molar-refractivity contribution >= 4 is 115 Å². The number of para-hydroxylation sites is 6. The number of hydrogen-bond acceptors (Lipinski definition) is 5. The van der Waals surface area contributed by atoms with Gasteiger partial charge in [0.05, 0.1) is 126 Å². The third kappa shape index (κ3) is 7.03. The first kappa shape index (κ1) is 52.8. The van der Waals surface area contributed by atoms with Crippen molar-refractivity contribution in [1.29, 1.82) is 10.5 Å². The number of hydrogen-bond donors (Lipinski definition) is 0. The lowest BCUT2D eigenvalue weighted by Gasteiger charge is -2.39. The number of fused-ring (bicyclic) bond motifs is 24. The van der Waals surface area contributed by atoms with Crippen molar-refractivity contribution in [2.45, 2.75) is 5.41 Å². The Morgan fingerprint density at radius 3 is 1.03 bits per heavy atom. The highest BCUT2D eigenvalue weighted by atomic mass is 16.5. The molecule has 1 aliphatic heterocycles. The van der Waals surface area contributed by atoms with E-state index in [1.165, 1.54) is 0 Å². The molecule has 2 aliphatic rings. The summed E-state index contributed by atoms with van der Waals surface area (Å²) in [7, 11) is 0. The van der Waals surface area contributed by atoms with Crippen LogP contribution in [-0.2, 0) is 5.41 Å². The average molecular weight is 1240 g/mol. The van der Waals surface area contributed by atoms with E-state index in [1.807, 2.05) is 48.8 Å². The fourth-order valence-corrected chi connectivity index (χ4v) is 16.7. The van der Waals surface area contributed by atoms with Gasteiger partial charge in [0.1, 0.15) is 11.5 Å². The molecule has 8 heterocycles. The number of nitriles is 2. The SMILES string of the molecule is [C-]#[N+]c1ccc2c(c1)c1ccccc1n2-c1cnc2c(c1)C1(c3ccc(-n4c5ccccc5c5ccccc54)cc3Oc3cc(-n4c5ccccc5c5cc(-n6c7ccccc7c7cc(C#N)ccc76)ccc54)ccc31)c1cc(-n3c4ccccc4c4cc(C#N)ccc43)cnc1-2. The Balaban J connectivity index is 0.851. The van der Waals surface area contributed by atoms with Crippen molar-refractivity contribution in [2.24, 2.45) is 0 Å². The largest absolute Gasteiger partial charge is 0.457 e. The minimum Gasteiger partial charge on any atom is -0.457 e. The second-order valence-corrected chi connectivity index (χ2v) is 25.4. The molecule has 0 saturated carbocycles. The van der Waals surface area contributed by atoms with E-state index in [2.05, 4.69) is 270 Å². The third-order valence-corrected chi connectivity index (χ3v) is 20.7. The van der Waals surface area contributed by atoms with E-state index >= 15 is 0 Å². The number of aromatic nitrogens is 7. The highest BCUT2D eigenvalue weighted by Gasteiger charge is 2.53. The average Bonchev–Trinajstić information content (AvgIpc) is 1.52. The van der Waals surface area contributed by atoms with Crippen molar-refractivity contribution < 1.29 is 4.74 Å². The van der Waals surface area contributed by atoms with E-state index in [1.54, 1.807) is 0 Å². The predicted octanol–water partition coefficient (Wildman–Crippen LogP) is 20.7. The summed E-state index contributed by atoms with van der Waals surface area (Å²) in [5.41, 5.74) is 20.7. The van der Waals surface area contributed by atoms with Gasteiger partial charge in [-0.2, -0.15) is 10.5 Å². The fraction of sp³-hybridized carbons (Fsp3) is 0.0116. The molecular formula is C86H46N10O. The molecule has 0 radical (unpaired) electrons. The molecule has 1 atom stereocenters. The highest BCUT2D eigenvalue weighted by molar-refractivity contribution is 6.15. The Bertz CT molecular complexity index is 6690. The van der Waals surface area contributed by atoms with Gasteiger partial charge in [0.2, 0.25) is 0 Å². The molecular weight excluding hydrogens is 1190 g/mol. The molecule has 1 unspecified atom stereocenters. The number of benzene rings is 12. The van der Waals surface area contributed by atoms with Crippen LogP contribution >= 0.6 is 0 Å². The maximum Gasteiger partial charge on any atom is 0.188 e. The quantitative estimate of drug-likeness (QED) is 0.159. The molecule has 12 aromatic carbocycles. The Kier molecular flexibility index (Phi) is 10.6. The maximum absolute atomic E-state index is 10.2. The zero-order valence-electron chi connectivity index (χ0n) is 51.4. The van der Waals surface area contributed by atoms with E-state index in [4.69, 9.17) is 21.3 Å². The Morgan fingerprint density at radius 2 is 0.629 bits per heavy atom. The predicted molar refractivity (Wildman–Crippen MR) is 387 cm³/mol. The third-order valence-electron chi connectivity index (χ3n) is 20.7. The Morgan fingerprint density at radius 1 is 0.309 bits per heavy atom. The molecule has 21 rings (SSSR count). The van der Waals surface area contributed by atoms with Crippen molar-refractivity contribution in [2.75, 3.05) is 0 Å². The normalized spacial score (nSPS) is 13.9. The van der Waals surface area contributed by atoms with Crippen LogP contribution in [0.4, 0.5) is 5.69 Å². The molecule has 0 bridgehead atoms. The first-order chi connectivity index (χ1) is 47.9. The molecule has 446 valence electrons. The summed E-state index contributed by atoms with van der Waals surface area (Å²) in [6.45, 7) is 8.04. The molecule has 97 heavy (non-hydrogen) atoms. The summed E-state index contributed by atoms with van der Waals surface area (Å²) in [6, 6.07) is 98.5. The second-order valence-electron chi connectivity index (χ2n) is 25.4. The van der Waals surface area contributed by atoms with E-state index in [-0.39, 0.29) is 0 Å². The molecule has 19 aromatic rings. The van der Waals surface area contributed by atoms with Gasteiger partial charge in [-0.3, -0.25) is 9.97 Å². The Labute approximate surface area is 552 Å². The van der Waals surface area contributed by atoms with Crippen LogP contribution in [0.5, 0.6) is 11.5 Å². The molecule has 0 N–H and O–H groups in total. The van der Waals surface area contributed by atoms with Gasteiger partial charge in [0, 0.05) is 99.9 Å². The first-order valence-corrected chi connectivity index (χ1v) is 32.2. The number of ether oxygens (including phenoxy) is 1. The number of pyridine rings is 2. The molecule has 0 fully saturated rings. The zero-order chi connectivity index (χ0) is 63.9. The minimum absolute atomic E-state index is 0.573. The molecule has 11 nitrogen and oxygen atoms in total. The van der Waals surface area contributed by atoms with E-state index < -0.39 is 5.41 Å². The highest BCUT2D eigenvalue weighted by Crippen LogP contribution is 2.63. The van der Waals surface area contributed by atoms with Gasteiger partial charge in [-0.05, 0) is 133 Å². The topological polar surface area (TPSA) is 112 Å². The van der Waals surface area contributed by atoms with Gasteiger partial charge in [-0.15, -0.1) is 0 Å². The molecule has 0 saturated heterocycles. The van der Waals surface area contributed by atoms with Gasteiger partial charge in [0.25, 0.3) is 0 Å². The summed E-state index contributed by atoms with van der Waals surface area (Å²) < 4.78 is 19.3. The summed E-state index contributed by atoms with van der Waals surface area (Å²) in [5, 5.41) is 30.9. The van der Waals surface area contributed by atoms with Crippen molar-refractivity contribution in [3.63, 3.8) is 0 Å². The van der Waals surface area contributed by atoms with Gasteiger partial charge in [-0.1, -0.05) is 127 Å². The maximum atomic E-state index is 10.2. The first-order valence-electron chi connectivity index (χ1n) is 32.2. The van der Waals surface area contributed by atoms with Gasteiger partial charge in [0.15, 0.2) is 5.69 Å². The van der Waals surface area contributed by atoms with E-state index in [9.17, 15) is 10.5 Å². The van der Waals surface area contributed by atoms with Crippen LogP contribution in [-0.4, -0.2) is 32.8 Å². The summed E-state index contributed by atoms with van der Waals surface area (Å²) in [4.78, 5) is 15.1. The molecule has 11 heteroatoms. The minimum atomic E-state index is -1.12. The lowest BCUT2D eigenvalue weighted by atomic mass is 9.66. The van der Waals surface area contributed by atoms with Crippen LogP contribution in [0.3, 0.4) is 0 Å². The molecule has 1 aliphatic carbocycles. The van der Waals surface area contributed by atoms with Crippen LogP contribution in [0.1, 0.15) is 33.4 Å². The van der Waals surface area contributed by atoms with E-state index in [0.717, 1.165) is 171 Å². The lowest BCUT2D eigenvalue weighted by Crippen LogP contribution is -2.32. The Hall–Kier alpha value is -13.8. The lowest BCUT2D eigenvalue weighted by molar-refractivity contribution is 0.436. The van der Waals surface area contributed by atoms with Gasteiger partial charge in [-0.25, -0.2) is 4.85 Å². The van der Waals surface area contributed by atoms with Crippen LogP contribution in [0.2, 0.25) is 0 Å². The van der Waals surface area contributed by atoms with Crippen molar-refractivity contribution in [3.05, 3.63) is 324 Å². The van der Waals surface area contributed by atoms with Crippen LogP contribution in [0, 0.1) is 29.2 Å².